The maximum absolute atomic E-state index is 13.8. The molecule has 0 saturated heterocycles. The average molecular weight is 322 g/mol. The van der Waals surface area contributed by atoms with Crippen LogP contribution in [-0.4, -0.2) is 0 Å². The quantitative estimate of drug-likeness (QED) is 0.432. The molecule has 0 spiro atoms. The molecule has 0 nitrogen and oxygen atoms in total. The normalized spacial score (nSPS) is 11.1. The van der Waals surface area contributed by atoms with Crippen molar-refractivity contribution in [1.29, 1.82) is 0 Å². The van der Waals surface area contributed by atoms with E-state index in [-0.39, 0.29) is 12.0 Å². The van der Waals surface area contributed by atoms with Gasteiger partial charge in [-0.1, -0.05) is 6.92 Å². The lowest BCUT2D eigenvalue weighted by atomic mass is 9.99. The van der Waals surface area contributed by atoms with Gasteiger partial charge in [0.05, 0.1) is 0 Å². The van der Waals surface area contributed by atoms with Crippen molar-refractivity contribution in [3.63, 3.8) is 0 Å². The maximum atomic E-state index is 13.8. The lowest BCUT2D eigenvalue weighted by molar-refractivity contribution is 0.427. The second-order valence-corrected chi connectivity index (χ2v) is 4.62. The Bertz CT molecular complexity index is 685. The molecule has 0 unspecified atom stereocenters. The van der Waals surface area contributed by atoms with Crippen LogP contribution in [0.25, 0.3) is 0 Å². The Morgan fingerprint density at radius 2 is 1.05 bits per heavy atom. The van der Waals surface area contributed by atoms with Crippen molar-refractivity contribution >= 4 is 0 Å². The smallest absolute Gasteiger partial charge is 0.194 e. The highest BCUT2D eigenvalue weighted by atomic mass is 19.2. The zero-order valence-corrected chi connectivity index (χ0v) is 11.2. The topological polar surface area (TPSA) is 0 Å². The summed E-state index contributed by atoms with van der Waals surface area (Å²) in [7, 11) is 0. The van der Waals surface area contributed by atoms with Gasteiger partial charge in [0.15, 0.2) is 40.7 Å². The fourth-order valence-corrected chi connectivity index (χ4v) is 2.10. The molecule has 22 heavy (non-hydrogen) atoms. The van der Waals surface area contributed by atoms with E-state index in [9.17, 15) is 30.7 Å². The Kier molecular flexibility index (Phi) is 4.44. The van der Waals surface area contributed by atoms with Crippen LogP contribution in [0.2, 0.25) is 0 Å². The van der Waals surface area contributed by atoms with Crippen LogP contribution in [0.5, 0.6) is 0 Å². The minimum absolute atomic E-state index is 0.272. The fraction of sp³-hybridized carbons (Fsp3) is 0.200. The monoisotopic (exact) mass is 322 g/mol. The molecule has 7 heteroatoms. The first-order valence-corrected chi connectivity index (χ1v) is 6.25. The minimum atomic E-state index is -1.75. The highest BCUT2D eigenvalue weighted by molar-refractivity contribution is 5.34. The first kappa shape index (κ1) is 16.3. The van der Waals surface area contributed by atoms with Gasteiger partial charge in [0, 0.05) is 17.5 Å². The van der Waals surface area contributed by atoms with Crippen LogP contribution < -0.4 is 0 Å². The molecule has 0 radical (unpaired) electrons. The van der Waals surface area contributed by atoms with E-state index in [1.165, 1.54) is 6.92 Å². The first-order chi connectivity index (χ1) is 10.3. The predicted molar refractivity (Wildman–Crippen MR) is 64.8 cm³/mol. The number of rotatable bonds is 3. The van der Waals surface area contributed by atoms with Crippen LogP contribution in [0.4, 0.5) is 30.7 Å². The molecular formula is C15H9F7. The van der Waals surface area contributed by atoms with Crippen LogP contribution in [0.15, 0.2) is 12.1 Å². The second-order valence-electron chi connectivity index (χ2n) is 4.62. The molecule has 0 aromatic heterocycles. The fourth-order valence-electron chi connectivity index (χ4n) is 2.10. The lowest BCUT2D eigenvalue weighted by Gasteiger charge is -2.11. The van der Waals surface area contributed by atoms with Crippen molar-refractivity contribution in [2.45, 2.75) is 19.8 Å². The maximum Gasteiger partial charge on any atom is 0.194 e. The number of hydrogen-bond acceptors (Lipinski definition) is 0. The third-order valence-corrected chi connectivity index (χ3v) is 3.22. The van der Waals surface area contributed by atoms with Crippen molar-refractivity contribution in [1.82, 2.24) is 0 Å². The number of benzene rings is 2. The molecule has 0 saturated carbocycles. The van der Waals surface area contributed by atoms with Gasteiger partial charge in [-0.05, 0) is 24.1 Å². The summed E-state index contributed by atoms with van der Waals surface area (Å²) in [6, 6.07) is 1.00. The highest BCUT2D eigenvalue weighted by Crippen LogP contribution is 2.27. The van der Waals surface area contributed by atoms with Crippen LogP contribution in [-0.2, 0) is 12.8 Å². The first-order valence-electron chi connectivity index (χ1n) is 6.25. The van der Waals surface area contributed by atoms with E-state index >= 15 is 0 Å². The van der Waals surface area contributed by atoms with Gasteiger partial charge in [0.1, 0.15) is 0 Å². The summed E-state index contributed by atoms with van der Waals surface area (Å²) in [6.45, 7) is 1.31. The Labute approximate surface area is 121 Å². The molecular weight excluding hydrogens is 313 g/mol. The molecule has 0 aliphatic heterocycles. The van der Waals surface area contributed by atoms with E-state index in [1.54, 1.807) is 0 Å². The Hall–Kier alpha value is -2.05. The van der Waals surface area contributed by atoms with Crippen LogP contribution in [0.1, 0.15) is 23.6 Å². The van der Waals surface area contributed by atoms with Gasteiger partial charge in [0.25, 0.3) is 0 Å². The average Bonchev–Trinajstić information content (AvgIpc) is 2.47. The largest absolute Gasteiger partial charge is 0.204 e. The third-order valence-electron chi connectivity index (χ3n) is 3.22. The van der Waals surface area contributed by atoms with Gasteiger partial charge < -0.3 is 0 Å². The van der Waals surface area contributed by atoms with Gasteiger partial charge >= 0.3 is 0 Å². The van der Waals surface area contributed by atoms with Crippen LogP contribution in [0.3, 0.4) is 0 Å². The summed E-state index contributed by atoms with van der Waals surface area (Å²) in [5.74, 6) is -11.3. The van der Waals surface area contributed by atoms with Crippen LogP contribution >= 0.6 is 0 Å². The van der Waals surface area contributed by atoms with Gasteiger partial charge in [-0.25, -0.2) is 30.7 Å². The summed E-state index contributed by atoms with van der Waals surface area (Å²) in [6.07, 6.45) is -1.10. The molecule has 118 valence electrons. The van der Waals surface area contributed by atoms with E-state index in [0.717, 1.165) is 0 Å². The zero-order chi connectivity index (χ0) is 16.6. The van der Waals surface area contributed by atoms with E-state index < -0.39 is 58.3 Å². The summed E-state index contributed by atoms with van der Waals surface area (Å²) < 4.78 is 93.9. The van der Waals surface area contributed by atoms with E-state index in [1.807, 2.05) is 0 Å². The predicted octanol–water partition coefficient (Wildman–Crippen LogP) is 4.81. The molecule has 2 aromatic rings. The Morgan fingerprint density at radius 3 is 1.45 bits per heavy atom. The second kappa shape index (κ2) is 5.98. The van der Waals surface area contributed by atoms with Crippen molar-refractivity contribution in [3.8, 4) is 0 Å². The van der Waals surface area contributed by atoms with Gasteiger partial charge in [-0.3, -0.25) is 0 Å². The third kappa shape index (κ3) is 2.67. The molecule has 2 rings (SSSR count). The molecule has 2 aromatic carbocycles. The minimum Gasteiger partial charge on any atom is -0.204 e. The van der Waals surface area contributed by atoms with Crippen LogP contribution in [0, 0.1) is 40.7 Å². The Morgan fingerprint density at radius 1 is 0.636 bits per heavy atom. The highest BCUT2D eigenvalue weighted by Gasteiger charge is 2.25. The van der Waals surface area contributed by atoms with E-state index in [4.69, 9.17) is 0 Å². The summed E-state index contributed by atoms with van der Waals surface area (Å²) in [4.78, 5) is 0. The number of halogens is 7. The Balaban J connectivity index is 2.55. The van der Waals surface area contributed by atoms with E-state index in [2.05, 4.69) is 0 Å². The van der Waals surface area contributed by atoms with Crippen molar-refractivity contribution in [2.24, 2.45) is 0 Å². The molecule has 0 atom stereocenters. The summed E-state index contributed by atoms with van der Waals surface area (Å²) >= 11 is 0. The molecule has 0 fully saturated rings. The van der Waals surface area contributed by atoms with Gasteiger partial charge in [-0.15, -0.1) is 0 Å². The van der Waals surface area contributed by atoms with Crippen molar-refractivity contribution < 1.29 is 30.7 Å². The van der Waals surface area contributed by atoms with E-state index in [0.29, 0.717) is 12.1 Å². The molecule has 0 aliphatic rings. The molecule has 0 heterocycles. The molecule has 0 bridgehead atoms. The summed E-state index contributed by atoms with van der Waals surface area (Å²) in [5, 5.41) is 0. The number of hydrogen-bond donors (Lipinski definition) is 0. The molecule has 0 aliphatic carbocycles. The SMILES string of the molecule is CCc1c(F)c(F)c(Cc2cc(F)c(F)c(F)c2)c(F)c1F. The summed E-state index contributed by atoms with van der Waals surface area (Å²) in [5.41, 5.74) is -2.13. The van der Waals surface area contributed by atoms with Crippen molar-refractivity contribution in [2.75, 3.05) is 0 Å². The standard InChI is InChI=1S/C15H9F7/c1-2-7-11(18)13(20)8(14(21)12(7)19)3-6-4-9(16)15(22)10(17)5-6/h4-5H,2-3H2,1H3. The van der Waals surface area contributed by atoms with Gasteiger partial charge in [0.2, 0.25) is 0 Å². The zero-order valence-electron chi connectivity index (χ0n) is 11.2. The van der Waals surface area contributed by atoms with Gasteiger partial charge in [-0.2, -0.15) is 0 Å². The van der Waals surface area contributed by atoms with Crippen molar-refractivity contribution in [3.05, 3.63) is 69.5 Å². The lowest BCUT2D eigenvalue weighted by Crippen LogP contribution is -2.09. The molecule has 0 N–H and O–H groups in total. The molecule has 0 amide bonds.